The molecule has 0 bridgehead atoms. The van der Waals surface area contributed by atoms with Gasteiger partial charge in [0.2, 0.25) is 11.8 Å². The molecule has 1 unspecified atom stereocenters. The van der Waals surface area contributed by atoms with Gasteiger partial charge in [-0.05, 0) is 20.3 Å². The zero-order chi connectivity index (χ0) is 16.3. The second-order valence-corrected chi connectivity index (χ2v) is 6.45. The third-order valence-electron chi connectivity index (χ3n) is 4.07. The minimum Gasteiger partial charge on any atom is -0.354 e. The molecule has 23 heavy (non-hydrogen) atoms. The molecular formula is C15H28IN5O2. The van der Waals surface area contributed by atoms with Crippen LogP contribution in [0.3, 0.4) is 0 Å². The number of nitrogens with zero attached hydrogens (tertiary/aromatic N) is 4. The molecule has 0 saturated carbocycles. The predicted octanol–water partition coefficient (Wildman–Crippen LogP) is 0.353. The molecule has 2 saturated heterocycles. The normalized spacial score (nSPS) is 21.2. The largest absolute Gasteiger partial charge is 0.354 e. The summed E-state index contributed by atoms with van der Waals surface area (Å²) in [6.07, 6.45) is 1.57. The van der Waals surface area contributed by atoms with Gasteiger partial charge < -0.3 is 20.0 Å². The van der Waals surface area contributed by atoms with Crippen molar-refractivity contribution < 1.29 is 9.59 Å². The molecule has 0 aromatic carbocycles. The monoisotopic (exact) mass is 437 g/mol. The summed E-state index contributed by atoms with van der Waals surface area (Å²) in [5.41, 5.74) is 0. The molecule has 0 radical (unpaired) electrons. The topological polar surface area (TPSA) is 68.2 Å². The zero-order valence-electron chi connectivity index (χ0n) is 14.4. The van der Waals surface area contributed by atoms with Crippen LogP contribution in [0, 0.1) is 0 Å². The number of piperazine rings is 1. The Kier molecular flexibility index (Phi) is 7.56. The van der Waals surface area contributed by atoms with Crippen molar-refractivity contribution in [3.05, 3.63) is 0 Å². The van der Waals surface area contributed by atoms with Crippen LogP contribution in [0.1, 0.15) is 26.7 Å². The van der Waals surface area contributed by atoms with Crippen LogP contribution in [0.15, 0.2) is 4.99 Å². The van der Waals surface area contributed by atoms with Gasteiger partial charge in [-0.25, -0.2) is 4.99 Å². The van der Waals surface area contributed by atoms with Crippen LogP contribution < -0.4 is 5.32 Å². The van der Waals surface area contributed by atoms with Crippen molar-refractivity contribution in [3.8, 4) is 0 Å². The number of aliphatic imine (C=N–C) groups is 1. The van der Waals surface area contributed by atoms with Gasteiger partial charge >= 0.3 is 0 Å². The summed E-state index contributed by atoms with van der Waals surface area (Å²) in [7, 11) is 3.46. The van der Waals surface area contributed by atoms with Crippen molar-refractivity contribution in [2.24, 2.45) is 4.99 Å². The van der Waals surface area contributed by atoms with Crippen molar-refractivity contribution in [1.29, 1.82) is 0 Å². The average molecular weight is 437 g/mol. The number of amides is 2. The number of halogens is 1. The quantitative estimate of drug-likeness (QED) is 0.393. The summed E-state index contributed by atoms with van der Waals surface area (Å²) in [4.78, 5) is 33.7. The maximum absolute atomic E-state index is 11.8. The fraction of sp³-hybridized carbons (Fsp3) is 0.800. The maximum Gasteiger partial charge on any atom is 0.243 e. The lowest BCUT2D eigenvalue weighted by Crippen LogP contribution is -2.56. The van der Waals surface area contributed by atoms with Gasteiger partial charge in [0.05, 0.1) is 0 Å². The van der Waals surface area contributed by atoms with Gasteiger partial charge in [-0.15, -0.1) is 24.0 Å². The van der Waals surface area contributed by atoms with E-state index in [1.54, 1.807) is 19.0 Å². The van der Waals surface area contributed by atoms with Crippen LogP contribution in [0.2, 0.25) is 0 Å². The number of hydrogen-bond acceptors (Lipinski definition) is 3. The highest BCUT2D eigenvalue weighted by Crippen LogP contribution is 2.22. The molecule has 2 heterocycles. The zero-order valence-corrected chi connectivity index (χ0v) is 16.7. The second kappa shape index (κ2) is 8.70. The molecule has 0 spiro atoms. The van der Waals surface area contributed by atoms with Crippen LogP contribution in [-0.4, -0.2) is 84.8 Å². The third-order valence-corrected chi connectivity index (χ3v) is 4.07. The Hall–Kier alpha value is -1.06. The fourth-order valence-corrected chi connectivity index (χ4v) is 2.84. The number of rotatable bonds is 3. The molecule has 1 N–H and O–H groups in total. The number of carbonyl (C=O) groups is 2. The van der Waals surface area contributed by atoms with Crippen LogP contribution in [0.5, 0.6) is 0 Å². The van der Waals surface area contributed by atoms with E-state index < -0.39 is 0 Å². The Labute approximate surface area is 155 Å². The number of nitrogens with one attached hydrogen (secondary N) is 1. The second-order valence-electron chi connectivity index (χ2n) is 6.45. The number of fused-ring (bicyclic) bond motifs is 1. The van der Waals surface area contributed by atoms with E-state index in [-0.39, 0.29) is 54.4 Å². The van der Waals surface area contributed by atoms with Crippen molar-refractivity contribution in [3.63, 3.8) is 0 Å². The molecule has 0 aromatic heterocycles. The lowest BCUT2D eigenvalue weighted by Gasteiger charge is -2.39. The highest BCUT2D eigenvalue weighted by Gasteiger charge is 2.36. The van der Waals surface area contributed by atoms with E-state index >= 15 is 0 Å². The molecule has 8 heteroatoms. The summed E-state index contributed by atoms with van der Waals surface area (Å²) in [6, 6.07) is 0.529. The van der Waals surface area contributed by atoms with Gasteiger partial charge in [0.25, 0.3) is 0 Å². The highest BCUT2D eigenvalue weighted by molar-refractivity contribution is 14.0. The molecule has 0 aliphatic carbocycles. The van der Waals surface area contributed by atoms with Gasteiger partial charge in [0, 0.05) is 52.2 Å². The minimum absolute atomic E-state index is 0. The Morgan fingerprint density at radius 1 is 1.39 bits per heavy atom. The summed E-state index contributed by atoms with van der Waals surface area (Å²) in [5.74, 6) is 1.02. The molecule has 2 aliphatic heterocycles. The van der Waals surface area contributed by atoms with Gasteiger partial charge in [-0.1, -0.05) is 0 Å². The van der Waals surface area contributed by atoms with E-state index in [1.807, 2.05) is 4.90 Å². The van der Waals surface area contributed by atoms with Gasteiger partial charge in [-0.3, -0.25) is 9.59 Å². The highest BCUT2D eigenvalue weighted by atomic mass is 127. The molecule has 2 aliphatic rings. The van der Waals surface area contributed by atoms with Crippen LogP contribution in [0.4, 0.5) is 0 Å². The summed E-state index contributed by atoms with van der Waals surface area (Å²) in [6.45, 7) is 6.55. The number of hydrogen-bond donors (Lipinski definition) is 1. The molecular weight excluding hydrogens is 409 g/mol. The Morgan fingerprint density at radius 2 is 2.09 bits per heavy atom. The SMILES string of the molecule is CC(C)NC(=NCC(=O)N(C)C)N1CCN2C(=O)CCC2C1.I. The first-order chi connectivity index (χ1) is 10.4. The summed E-state index contributed by atoms with van der Waals surface area (Å²) < 4.78 is 0. The van der Waals surface area contributed by atoms with Crippen molar-refractivity contribution in [2.45, 2.75) is 38.8 Å². The van der Waals surface area contributed by atoms with Crippen LogP contribution in [0.25, 0.3) is 0 Å². The summed E-state index contributed by atoms with van der Waals surface area (Å²) >= 11 is 0. The van der Waals surface area contributed by atoms with Crippen LogP contribution in [-0.2, 0) is 9.59 Å². The first kappa shape index (κ1) is 20.0. The third kappa shape index (κ3) is 5.22. The van der Waals surface area contributed by atoms with Gasteiger partial charge in [0.1, 0.15) is 6.54 Å². The first-order valence-electron chi connectivity index (χ1n) is 7.94. The molecule has 0 aromatic rings. The van der Waals surface area contributed by atoms with E-state index in [4.69, 9.17) is 0 Å². The van der Waals surface area contributed by atoms with E-state index in [0.717, 1.165) is 32.0 Å². The number of likely N-dealkylation sites (N-methyl/N-ethyl adjacent to an activating group) is 1. The molecule has 7 nitrogen and oxygen atoms in total. The smallest absolute Gasteiger partial charge is 0.243 e. The first-order valence-corrected chi connectivity index (χ1v) is 7.94. The van der Waals surface area contributed by atoms with Crippen molar-refractivity contribution in [1.82, 2.24) is 20.0 Å². The van der Waals surface area contributed by atoms with E-state index in [9.17, 15) is 9.59 Å². The number of guanidine groups is 1. The number of carbonyl (C=O) groups excluding carboxylic acids is 2. The lowest BCUT2D eigenvalue weighted by molar-refractivity contribution is -0.130. The molecule has 2 fully saturated rings. The fourth-order valence-electron chi connectivity index (χ4n) is 2.84. The van der Waals surface area contributed by atoms with E-state index in [0.29, 0.717) is 6.42 Å². The Bertz CT molecular complexity index is 467. The van der Waals surface area contributed by atoms with Crippen LogP contribution >= 0.6 is 24.0 Å². The van der Waals surface area contributed by atoms with Gasteiger partial charge in [-0.2, -0.15) is 0 Å². The molecule has 1 atom stereocenters. The maximum atomic E-state index is 11.8. The van der Waals surface area contributed by atoms with Crippen molar-refractivity contribution in [2.75, 3.05) is 40.3 Å². The van der Waals surface area contributed by atoms with Gasteiger partial charge in [0.15, 0.2) is 5.96 Å². The Morgan fingerprint density at radius 3 is 2.70 bits per heavy atom. The van der Waals surface area contributed by atoms with E-state index in [2.05, 4.69) is 29.1 Å². The van der Waals surface area contributed by atoms with E-state index in [1.165, 1.54) is 0 Å². The summed E-state index contributed by atoms with van der Waals surface area (Å²) in [5, 5.41) is 3.34. The minimum atomic E-state index is -0.0160. The molecule has 2 amide bonds. The standard InChI is InChI=1S/C15H27N5O2.HI/c1-11(2)17-15(16-9-14(22)18(3)4)19-7-8-20-12(10-19)5-6-13(20)21;/h11-12H,5-10H2,1-4H3,(H,16,17);1H. The molecule has 132 valence electrons. The van der Waals surface area contributed by atoms with Crippen molar-refractivity contribution >= 4 is 41.8 Å². The average Bonchev–Trinajstić information content (AvgIpc) is 2.83. The molecule has 2 rings (SSSR count). The predicted molar refractivity (Wildman–Crippen MR) is 101 cm³/mol. The lowest BCUT2D eigenvalue weighted by atomic mass is 10.1. The Balaban J connectivity index is 0.00000264.